The molecule has 0 bridgehead atoms. The van der Waals surface area contributed by atoms with E-state index in [9.17, 15) is 9.90 Å². The maximum Gasteiger partial charge on any atom is 0.234 e. The summed E-state index contributed by atoms with van der Waals surface area (Å²) >= 11 is 0. The summed E-state index contributed by atoms with van der Waals surface area (Å²) in [7, 11) is 0. The molecule has 1 saturated heterocycles. The maximum absolute atomic E-state index is 12.3. The number of aliphatic hydroxyl groups is 1. The molecule has 1 aromatic heterocycles. The van der Waals surface area contributed by atoms with Crippen molar-refractivity contribution >= 4 is 5.91 Å². The predicted octanol–water partition coefficient (Wildman–Crippen LogP) is 2.06. The van der Waals surface area contributed by atoms with Crippen LogP contribution in [-0.2, 0) is 10.4 Å². The fourth-order valence-corrected chi connectivity index (χ4v) is 3.86. The van der Waals surface area contributed by atoms with Crippen molar-refractivity contribution in [3.8, 4) is 0 Å². The van der Waals surface area contributed by atoms with Crippen molar-refractivity contribution in [3.63, 3.8) is 0 Å². The first-order valence-electron chi connectivity index (χ1n) is 9.21. The summed E-state index contributed by atoms with van der Waals surface area (Å²) in [4.78, 5) is 18.7. The van der Waals surface area contributed by atoms with Gasteiger partial charge in [-0.15, -0.1) is 0 Å². The molecular formula is C19H29N3O2. The van der Waals surface area contributed by atoms with E-state index in [0.29, 0.717) is 25.4 Å². The lowest BCUT2D eigenvalue weighted by atomic mass is 9.87. The zero-order valence-corrected chi connectivity index (χ0v) is 14.6. The molecule has 2 N–H and O–H groups in total. The van der Waals surface area contributed by atoms with Crippen LogP contribution in [0.3, 0.4) is 0 Å². The second-order valence-electron chi connectivity index (χ2n) is 7.55. The van der Waals surface area contributed by atoms with Gasteiger partial charge in [-0.1, -0.05) is 13.0 Å². The Kier molecular flexibility index (Phi) is 5.51. The first kappa shape index (κ1) is 17.4. The summed E-state index contributed by atoms with van der Waals surface area (Å²) in [6.07, 6.45) is 7.60. The summed E-state index contributed by atoms with van der Waals surface area (Å²) in [5, 5.41) is 14.0. The van der Waals surface area contributed by atoms with E-state index in [2.05, 4.69) is 22.1 Å². The quantitative estimate of drug-likeness (QED) is 0.886. The number of hydrogen-bond acceptors (Lipinski definition) is 4. The van der Waals surface area contributed by atoms with Crippen molar-refractivity contribution in [2.45, 2.75) is 57.1 Å². The van der Waals surface area contributed by atoms with E-state index >= 15 is 0 Å². The van der Waals surface area contributed by atoms with Crippen LogP contribution in [0.4, 0.5) is 0 Å². The lowest BCUT2D eigenvalue weighted by molar-refractivity contribution is -0.124. The van der Waals surface area contributed by atoms with E-state index in [1.165, 1.54) is 12.8 Å². The van der Waals surface area contributed by atoms with Crippen LogP contribution in [0.2, 0.25) is 0 Å². The summed E-state index contributed by atoms with van der Waals surface area (Å²) in [6.45, 7) is 4.17. The largest absolute Gasteiger partial charge is 0.383 e. The minimum atomic E-state index is -0.853. The number of piperidine rings is 1. The summed E-state index contributed by atoms with van der Waals surface area (Å²) in [5.74, 6) is 0.919. The van der Waals surface area contributed by atoms with Gasteiger partial charge in [0.2, 0.25) is 5.91 Å². The Morgan fingerprint density at radius 1 is 1.29 bits per heavy atom. The number of carbonyl (C=O) groups excluding carboxylic acids is 1. The summed E-state index contributed by atoms with van der Waals surface area (Å²) in [5.41, 5.74) is -0.112. The number of hydrogen-bond donors (Lipinski definition) is 2. The number of carbonyl (C=O) groups is 1. The van der Waals surface area contributed by atoms with Crippen molar-refractivity contribution in [2.24, 2.45) is 5.92 Å². The van der Waals surface area contributed by atoms with Gasteiger partial charge in [-0.2, -0.15) is 0 Å². The number of amides is 1. The van der Waals surface area contributed by atoms with E-state index in [1.807, 2.05) is 18.2 Å². The zero-order chi connectivity index (χ0) is 17.0. The van der Waals surface area contributed by atoms with Crippen LogP contribution in [0, 0.1) is 5.92 Å². The number of likely N-dealkylation sites (tertiary alicyclic amines) is 1. The molecule has 5 heteroatoms. The van der Waals surface area contributed by atoms with Crippen LogP contribution in [-0.4, -0.2) is 46.6 Å². The molecule has 0 unspecified atom stereocenters. The van der Waals surface area contributed by atoms with Crippen LogP contribution in [0.1, 0.15) is 51.1 Å². The molecule has 0 atom stereocenters. The van der Waals surface area contributed by atoms with E-state index in [4.69, 9.17) is 0 Å². The first-order valence-corrected chi connectivity index (χ1v) is 9.21. The molecule has 1 aliphatic carbocycles. The molecule has 2 heterocycles. The van der Waals surface area contributed by atoms with Crippen molar-refractivity contribution in [1.82, 2.24) is 15.2 Å². The van der Waals surface area contributed by atoms with Crippen LogP contribution < -0.4 is 5.32 Å². The van der Waals surface area contributed by atoms with E-state index in [0.717, 1.165) is 37.5 Å². The van der Waals surface area contributed by atoms with Gasteiger partial charge in [-0.05, 0) is 56.6 Å². The van der Waals surface area contributed by atoms with Crippen molar-refractivity contribution in [1.29, 1.82) is 0 Å². The number of pyridine rings is 1. The first-order chi connectivity index (χ1) is 11.5. The smallest absolute Gasteiger partial charge is 0.234 e. The standard InChI is InChI=1S/C19H29N3O2/c1-15-5-7-16(8-6-15)21-18(23)14-22-12-9-19(24,10-13-22)17-4-2-3-11-20-17/h2-4,11,15-16,24H,5-10,12-14H2,1H3,(H,21,23). The SMILES string of the molecule is CC1CCC(NC(=O)CN2CCC(O)(c3ccccn3)CC2)CC1. The lowest BCUT2D eigenvalue weighted by Gasteiger charge is -2.37. The van der Waals surface area contributed by atoms with Crippen LogP contribution in [0.5, 0.6) is 0 Å². The Morgan fingerprint density at radius 2 is 2.00 bits per heavy atom. The minimum Gasteiger partial charge on any atom is -0.383 e. The van der Waals surface area contributed by atoms with Crippen molar-refractivity contribution in [2.75, 3.05) is 19.6 Å². The molecule has 0 aromatic carbocycles. The molecule has 5 nitrogen and oxygen atoms in total. The minimum absolute atomic E-state index is 0.123. The number of rotatable bonds is 4. The highest BCUT2D eigenvalue weighted by Crippen LogP contribution is 2.31. The fraction of sp³-hybridized carbons (Fsp3) is 0.684. The molecule has 1 amide bonds. The molecule has 3 rings (SSSR count). The molecule has 0 radical (unpaired) electrons. The average Bonchev–Trinajstić information content (AvgIpc) is 2.60. The van der Waals surface area contributed by atoms with Gasteiger partial charge in [0.05, 0.1) is 12.2 Å². The normalized spacial score (nSPS) is 27.6. The van der Waals surface area contributed by atoms with Gasteiger partial charge in [-0.3, -0.25) is 14.7 Å². The van der Waals surface area contributed by atoms with E-state index in [-0.39, 0.29) is 5.91 Å². The van der Waals surface area contributed by atoms with Crippen LogP contribution in [0.25, 0.3) is 0 Å². The fourth-order valence-electron chi connectivity index (χ4n) is 3.86. The van der Waals surface area contributed by atoms with E-state index in [1.54, 1.807) is 6.20 Å². The summed E-state index contributed by atoms with van der Waals surface area (Å²) in [6, 6.07) is 6.00. The highest BCUT2D eigenvalue weighted by molar-refractivity contribution is 5.78. The van der Waals surface area contributed by atoms with Gasteiger partial charge in [0.25, 0.3) is 0 Å². The van der Waals surface area contributed by atoms with Gasteiger partial charge in [-0.25, -0.2) is 0 Å². The van der Waals surface area contributed by atoms with Gasteiger partial charge in [0.1, 0.15) is 5.60 Å². The molecule has 1 aliphatic heterocycles. The number of aromatic nitrogens is 1. The van der Waals surface area contributed by atoms with Gasteiger partial charge < -0.3 is 10.4 Å². The molecule has 0 spiro atoms. The topological polar surface area (TPSA) is 65.5 Å². The van der Waals surface area contributed by atoms with Crippen molar-refractivity contribution < 1.29 is 9.90 Å². The number of nitrogens with one attached hydrogen (secondary N) is 1. The van der Waals surface area contributed by atoms with Gasteiger partial charge in [0, 0.05) is 25.3 Å². The van der Waals surface area contributed by atoms with Gasteiger partial charge in [0.15, 0.2) is 0 Å². The van der Waals surface area contributed by atoms with Crippen molar-refractivity contribution in [3.05, 3.63) is 30.1 Å². The summed E-state index contributed by atoms with van der Waals surface area (Å²) < 4.78 is 0. The Bertz CT molecular complexity index is 533. The third-order valence-corrected chi connectivity index (χ3v) is 5.57. The maximum atomic E-state index is 12.3. The highest BCUT2D eigenvalue weighted by Gasteiger charge is 2.35. The molecule has 1 saturated carbocycles. The molecule has 24 heavy (non-hydrogen) atoms. The Labute approximate surface area is 144 Å². The van der Waals surface area contributed by atoms with Crippen LogP contribution >= 0.6 is 0 Å². The third-order valence-electron chi connectivity index (χ3n) is 5.57. The van der Waals surface area contributed by atoms with E-state index < -0.39 is 5.60 Å². The molecule has 132 valence electrons. The Balaban J connectivity index is 1.44. The molecule has 2 fully saturated rings. The second kappa shape index (κ2) is 7.62. The monoisotopic (exact) mass is 331 g/mol. The molecule has 1 aromatic rings. The lowest BCUT2D eigenvalue weighted by Crippen LogP contribution is -2.48. The third kappa shape index (κ3) is 4.33. The second-order valence-corrected chi connectivity index (χ2v) is 7.55. The number of nitrogens with zero attached hydrogens (tertiary/aromatic N) is 2. The van der Waals surface area contributed by atoms with Gasteiger partial charge >= 0.3 is 0 Å². The average molecular weight is 331 g/mol. The Morgan fingerprint density at radius 3 is 2.62 bits per heavy atom. The molecule has 2 aliphatic rings. The molecular weight excluding hydrogens is 302 g/mol. The Hall–Kier alpha value is -1.46. The zero-order valence-electron chi connectivity index (χ0n) is 14.6. The predicted molar refractivity (Wildman–Crippen MR) is 93.4 cm³/mol. The van der Waals surface area contributed by atoms with Crippen LogP contribution in [0.15, 0.2) is 24.4 Å². The highest BCUT2D eigenvalue weighted by atomic mass is 16.3.